The summed E-state index contributed by atoms with van der Waals surface area (Å²) in [6, 6.07) is 0. The van der Waals surface area contributed by atoms with Crippen molar-refractivity contribution < 1.29 is 9.13 Å². The van der Waals surface area contributed by atoms with Crippen molar-refractivity contribution in [2.45, 2.75) is 27.2 Å². The van der Waals surface area contributed by atoms with Crippen molar-refractivity contribution in [2.75, 3.05) is 12.3 Å². The van der Waals surface area contributed by atoms with Crippen molar-refractivity contribution in [1.29, 1.82) is 0 Å². The summed E-state index contributed by atoms with van der Waals surface area (Å²) in [6.45, 7) is 6.67. The van der Waals surface area contributed by atoms with E-state index < -0.39 is 5.82 Å². The van der Waals surface area contributed by atoms with Crippen molar-refractivity contribution in [2.24, 2.45) is 5.41 Å². The first kappa shape index (κ1) is 11.7. The first-order valence-electron chi connectivity index (χ1n) is 4.79. The molecule has 2 N–H and O–H groups in total. The van der Waals surface area contributed by atoms with Crippen LogP contribution in [0.2, 0.25) is 0 Å². The average molecular weight is 213 g/mol. The molecule has 0 spiro atoms. The highest BCUT2D eigenvalue weighted by atomic mass is 19.1. The molecule has 1 aromatic rings. The number of halogens is 1. The number of nitrogens with two attached hydrogens (primary N) is 1. The number of aromatic nitrogens is 2. The molecule has 0 amide bonds. The lowest BCUT2D eigenvalue weighted by molar-refractivity contribution is 0.227. The second-order valence-electron chi connectivity index (χ2n) is 4.54. The molecule has 4 nitrogen and oxygen atoms in total. The Balaban J connectivity index is 2.54. The second kappa shape index (κ2) is 4.42. The lowest BCUT2D eigenvalue weighted by Crippen LogP contribution is -2.12. The van der Waals surface area contributed by atoms with E-state index in [4.69, 9.17) is 10.5 Å². The minimum Gasteiger partial charge on any atom is -0.475 e. The van der Waals surface area contributed by atoms with E-state index in [1.54, 1.807) is 0 Å². The van der Waals surface area contributed by atoms with Crippen LogP contribution in [0.25, 0.3) is 0 Å². The molecule has 1 aromatic heterocycles. The van der Waals surface area contributed by atoms with Crippen molar-refractivity contribution in [3.8, 4) is 5.88 Å². The molecular formula is C10H16FN3O. The van der Waals surface area contributed by atoms with E-state index in [0.717, 1.165) is 12.6 Å². The van der Waals surface area contributed by atoms with Crippen LogP contribution >= 0.6 is 0 Å². The van der Waals surface area contributed by atoms with Gasteiger partial charge < -0.3 is 10.5 Å². The molecule has 1 heterocycles. The molecule has 0 saturated heterocycles. The summed E-state index contributed by atoms with van der Waals surface area (Å²) in [6.07, 6.45) is 1.82. The second-order valence-corrected chi connectivity index (χ2v) is 4.54. The van der Waals surface area contributed by atoms with Gasteiger partial charge in [0.05, 0.1) is 12.8 Å². The number of hydrogen-bond donors (Lipinski definition) is 1. The van der Waals surface area contributed by atoms with Gasteiger partial charge in [-0.2, -0.15) is 9.37 Å². The van der Waals surface area contributed by atoms with Crippen LogP contribution in [0.15, 0.2) is 6.20 Å². The molecule has 0 aliphatic carbocycles. The third-order valence-electron chi connectivity index (χ3n) is 1.82. The zero-order valence-electron chi connectivity index (χ0n) is 9.25. The normalized spacial score (nSPS) is 11.5. The molecule has 5 heteroatoms. The third-order valence-corrected chi connectivity index (χ3v) is 1.82. The Morgan fingerprint density at radius 3 is 2.73 bits per heavy atom. The first-order valence-corrected chi connectivity index (χ1v) is 4.79. The number of hydrogen-bond acceptors (Lipinski definition) is 4. The Bertz CT molecular complexity index is 336. The third kappa shape index (κ3) is 4.10. The summed E-state index contributed by atoms with van der Waals surface area (Å²) >= 11 is 0. The van der Waals surface area contributed by atoms with E-state index in [1.165, 1.54) is 0 Å². The van der Waals surface area contributed by atoms with Gasteiger partial charge in [0.1, 0.15) is 0 Å². The predicted molar refractivity (Wildman–Crippen MR) is 56.0 cm³/mol. The number of rotatable bonds is 3. The number of nitrogen functional groups attached to an aromatic ring is 1. The zero-order valence-corrected chi connectivity index (χ0v) is 9.25. The maximum absolute atomic E-state index is 13.1. The van der Waals surface area contributed by atoms with Crippen molar-refractivity contribution >= 4 is 5.95 Å². The highest BCUT2D eigenvalue weighted by Crippen LogP contribution is 2.20. The molecule has 0 atom stereocenters. The fraction of sp³-hybridized carbons (Fsp3) is 0.600. The average Bonchev–Trinajstić information content (AvgIpc) is 2.09. The van der Waals surface area contributed by atoms with Crippen LogP contribution < -0.4 is 10.5 Å². The largest absolute Gasteiger partial charge is 0.475 e. The van der Waals surface area contributed by atoms with Gasteiger partial charge in [-0.05, 0) is 11.8 Å². The summed E-state index contributed by atoms with van der Waals surface area (Å²) in [5.74, 6) is -0.646. The minimum atomic E-state index is -0.585. The van der Waals surface area contributed by atoms with Gasteiger partial charge in [0.25, 0.3) is 5.88 Å². The topological polar surface area (TPSA) is 61.0 Å². The van der Waals surface area contributed by atoms with Crippen LogP contribution in [-0.2, 0) is 0 Å². The molecule has 0 bridgehead atoms. The molecular weight excluding hydrogens is 197 g/mol. The van der Waals surface area contributed by atoms with Crippen molar-refractivity contribution in [1.82, 2.24) is 9.97 Å². The molecule has 0 aromatic carbocycles. The molecule has 0 radical (unpaired) electrons. The summed E-state index contributed by atoms with van der Waals surface area (Å²) < 4.78 is 18.3. The molecule has 84 valence electrons. The van der Waals surface area contributed by atoms with E-state index in [0.29, 0.717) is 6.61 Å². The SMILES string of the molecule is CC(C)(C)CCOc1nc(N)ncc1F. The van der Waals surface area contributed by atoms with Crippen molar-refractivity contribution in [3.05, 3.63) is 12.0 Å². The lowest BCUT2D eigenvalue weighted by atomic mass is 9.93. The van der Waals surface area contributed by atoms with E-state index in [-0.39, 0.29) is 17.2 Å². The van der Waals surface area contributed by atoms with Gasteiger partial charge in [0, 0.05) is 0 Å². The Hall–Kier alpha value is -1.39. The molecule has 0 aliphatic rings. The first-order chi connectivity index (χ1) is 6.88. The monoisotopic (exact) mass is 213 g/mol. The quantitative estimate of drug-likeness (QED) is 0.834. The van der Waals surface area contributed by atoms with Gasteiger partial charge in [-0.3, -0.25) is 0 Å². The Kier molecular flexibility index (Phi) is 3.44. The molecule has 0 saturated carbocycles. The van der Waals surface area contributed by atoms with Gasteiger partial charge in [-0.25, -0.2) is 4.98 Å². The highest BCUT2D eigenvalue weighted by Gasteiger charge is 2.12. The van der Waals surface area contributed by atoms with Crippen molar-refractivity contribution in [3.63, 3.8) is 0 Å². The van der Waals surface area contributed by atoms with Gasteiger partial charge >= 0.3 is 0 Å². The standard InChI is InChI=1S/C10H16FN3O/c1-10(2,3)4-5-15-8-7(11)6-13-9(12)14-8/h6H,4-5H2,1-3H3,(H2,12,13,14). The fourth-order valence-corrected chi connectivity index (χ4v) is 0.919. The lowest BCUT2D eigenvalue weighted by Gasteiger charge is -2.17. The molecule has 0 unspecified atom stereocenters. The Labute approximate surface area is 88.7 Å². The number of ether oxygens (including phenoxy) is 1. The van der Waals surface area contributed by atoms with Gasteiger partial charge in [-0.1, -0.05) is 20.8 Å². The molecule has 0 fully saturated rings. The predicted octanol–water partition coefficient (Wildman–Crippen LogP) is 2.01. The van der Waals surface area contributed by atoms with Crippen LogP contribution in [-0.4, -0.2) is 16.6 Å². The van der Waals surface area contributed by atoms with Gasteiger partial charge in [0.2, 0.25) is 11.8 Å². The van der Waals surface area contributed by atoms with Crippen LogP contribution in [0.4, 0.5) is 10.3 Å². The summed E-state index contributed by atoms with van der Waals surface area (Å²) in [5.41, 5.74) is 5.46. The molecule has 0 aliphatic heterocycles. The summed E-state index contributed by atoms with van der Waals surface area (Å²) in [7, 11) is 0. The highest BCUT2D eigenvalue weighted by molar-refractivity contribution is 5.22. The molecule has 15 heavy (non-hydrogen) atoms. The van der Waals surface area contributed by atoms with Crippen LogP contribution in [0, 0.1) is 11.2 Å². The number of anilines is 1. The van der Waals surface area contributed by atoms with E-state index >= 15 is 0 Å². The van der Waals surface area contributed by atoms with Gasteiger partial charge in [-0.15, -0.1) is 0 Å². The summed E-state index contributed by atoms with van der Waals surface area (Å²) in [4.78, 5) is 7.17. The van der Waals surface area contributed by atoms with Crippen LogP contribution in [0.5, 0.6) is 5.88 Å². The van der Waals surface area contributed by atoms with E-state index in [9.17, 15) is 4.39 Å². The Morgan fingerprint density at radius 1 is 1.47 bits per heavy atom. The van der Waals surface area contributed by atoms with Gasteiger partial charge in [0.15, 0.2) is 0 Å². The van der Waals surface area contributed by atoms with E-state index in [1.807, 2.05) is 0 Å². The Morgan fingerprint density at radius 2 is 2.13 bits per heavy atom. The number of nitrogens with zero attached hydrogens (tertiary/aromatic N) is 2. The smallest absolute Gasteiger partial charge is 0.255 e. The van der Waals surface area contributed by atoms with Crippen LogP contribution in [0.1, 0.15) is 27.2 Å². The van der Waals surface area contributed by atoms with Crippen LogP contribution in [0.3, 0.4) is 0 Å². The van der Waals surface area contributed by atoms with E-state index in [2.05, 4.69) is 30.7 Å². The molecule has 1 rings (SSSR count). The maximum atomic E-state index is 13.1. The minimum absolute atomic E-state index is 0.0159. The zero-order chi connectivity index (χ0) is 11.5. The fourth-order valence-electron chi connectivity index (χ4n) is 0.919. The summed E-state index contributed by atoms with van der Waals surface area (Å²) in [5, 5.41) is 0. The maximum Gasteiger partial charge on any atom is 0.255 e.